The van der Waals surface area contributed by atoms with Crippen molar-refractivity contribution >= 4 is 0 Å². The Bertz CT molecular complexity index is 354. The predicted octanol–water partition coefficient (Wildman–Crippen LogP) is 3.54. The van der Waals surface area contributed by atoms with Gasteiger partial charge in [-0.05, 0) is 24.9 Å². The predicted molar refractivity (Wildman–Crippen MR) is 73.1 cm³/mol. The Morgan fingerprint density at radius 3 is 2.44 bits per heavy atom. The quantitative estimate of drug-likeness (QED) is 0.802. The fourth-order valence-corrected chi connectivity index (χ4v) is 2.22. The third-order valence-corrected chi connectivity index (χ3v) is 3.11. The largest absolute Gasteiger partial charge is 0.379 e. The average molecular weight is 253 g/mol. The third-order valence-electron chi connectivity index (χ3n) is 3.11. The lowest BCUT2D eigenvalue weighted by molar-refractivity contribution is 0.0317. The molecule has 2 nitrogen and oxygen atoms in total. The average Bonchev–Trinajstić information content (AvgIpc) is 2.35. The van der Waals surface area contributed by atoms with Gasteiger partial charge in [-0.1, -0.05) is 39.0 Å². The maximum Gasteiger partial charge on any atom is 0.128 e. The Morgan fingerprint density at radius 1 is 1.28 bits per heavy atom. The first kappa shape index (κ1) is 15.1. The zero-order valence-corrected chi connectivity index (χ0v) is 11.7. The minimum absolute atomic E-state index is 0.0338. The molecule has 0 heterocycles. The van der Waals surface area contributed by atoms with Gasteiger partial charge in [0, 0.05) is 12.7 Å². The van der Waals surface area contributed by atoms with Crippen LogP contribution in [0.3, 0.4) is 0 Å². The minimum Gasteiger partial charge on any atom is -0.379 e. The summed E-state index contributed by atoms with van der Waals surface area (Å²) in [6.07, 6.45) is 0.980. The van der Waals surface area contributed by atoms with Crippen molar-refractivity contribution in [2.45, 2.75) is 39.3 Å². The normalized spacial score (nSPS) is 14.8. The minimum atomic E-state index is -0.172. The molecule has 0 aliphatic rings. The summed E-state index contributed by atoms with van der Waals surface area (Å²) in [5.74, 6) is 0.151. The first-order chi connectivity index (χ1) is 8.61. The second-order valence-electron chi connectivity index (χ2n) is 4.90. The highest BCUT2D eigenvalue weighted by Crippen LogP contribution is 2.26. The number of benzene rings is 1. The summed E-state index contributed by atoms with van der Waals surface area (Å²) in [4.78, 5) is 0. The van der Waals surface area contributed by atoms with Gasteiger partial charge in [-0.2, -0.15) is 0 Å². The van der Waals surface area contributed by atoms with Crippen LogP contribution in [0, 0.1) is 11.7 Å². The first-order valence-corrected chi connectivity index (χ1v) is 6.62. The summed E-state index contributed by atoms with van der Waals surface area (Å²) in [7, 11) is 1.69. The van der Waals surface area contributed by atoms with E-state index < -0.39 is 0 Å². The highest BCUT2D eigenvalue weighted by molar-refractivity contribution is 5.22. The smallest absolute Gasteiger partial charge is 0.128 e. The molecule has 2 atom stereocenters. The van der Waals surface area contributed by atoms with Crippen molar-refractivity contribution in [2.75, 3.05) is 13.7 Å². The van der Waals surface area contributed by atoms with Crippen LogP contribution in [-0.4, -0.2) is 19.8 Å². The van der Waals surface area contributed by atoms with Crippen molar-refractivity contribution in [3.8, 4) is 0 Å². The van der Waals surface area contributed by atoms with Crippen LogP contribution in [0.5, 0.6) is 0 Å². The van der Waals surface area contributed by atoms with E-state index in [-0.39, 0.29) is 18.0 Å². The molecule has 2 unspecified atom stereocenters. The molecule has 1 N–H and O–H groups in total. The Balaban J connectivity index is 3.00. The first-order valence-electron chi connectivity index (χ1n) is 6.62. The SMILES string of the molecule is CCCNC(c1ccccc1F)C(OC)C(C)C. The molecule has 1 aromatic carbocycles. The van der Waals surface area contributed by atoms with Crippen LogP contribution in [0.4, 0.5) is 4.39 Å². The zero-order chi connectivity index (χ0) is 13.5. The number of methoxy groups -OCH3 is 1. The topological polar surface area (TPSA) is 21.3 Å². The van der Waals surface area contributed by atoms with Gasteiger partial charge >= 0.3 is 0 Å². The molecule has 0 amide bonds. The molecule has 1 rings (SSSR count). The molecule has 0 aliphatic carbocycles. The molecule has 0 saturated heterocycles. The fraction of sp³-hybridized carbons (Fsp3) is 0.600. The van der Waals surface area contributed by atoms with Crippen molar-refractivity contribution in [1.82, 2.24) is 5.32 Å². The molecule has 0 fully saturated rings. The molecule has 0 bridgehead atoms. The van der Waals surface area contributed by atoms with E-state index in [1.165, 1.54) is 6.07 Å². The summed E-state index contributed by atoms with van der Waals surface area (Å²) in [5.41, 5.74) is 0.687. The molecular weight excluding hydrogens is 229 g/mol. The molecule has 0 aromatic heterocycles. The fourth-order valence-electron chi connectivity index (χ4n) is 2.22. The number of ether oxygens (including phenoxy) is 1. The van der Waals surface area contributed by atoms with E-state index in [1.54, 1.807) is 13.2 Å². The summed E-state index contributed by atoms with van der Waals surface area (Å²) < 4.78 is 19.5. The number of nitrogens with one attached hydrogen (secondary N) is 1. The summed E-state index contributed by atoms with van der Waals surface area (Å²) >= 11 is 0. The van der Waals surface area contributed by atoms with Crippen molar-refractivity contribution in [3.05, 3.63) is 35.6 Å². The number of halogens is 1. The molecule has 0 spiro atoms. The van der Waals surface area contributed by atoms with E-state index in [2.05, 4.69) is 26.1 Å². The lowest BCUT2D eigenvalue weighted by atomic mass is 9.93. The lowest BCUT2D eigenvalue weighted by Gasteiger charge is -2.30. The van der Waals surface area contributed by atoms with Crippen molar-refractivity contribution < 1.29 is 9.13 Å². The summed E-state index contributed by atoms with van der Waals surface area (Å²) in [6, 6.07) is 6.81. The zero-order valence-electron chi connectivity index (χ0n) is 11.7. The van der Waals surface area contributed by atoms with Crippen LogP contribution >= 0.6 is 0 Å². The van der Waals surface area contributed by atoms with Gasteiger partial charge in [-0.25, -0.2) is 4.39 Å². The van der Waals surface area contributed by atoms with Crippen LogP contribution in [0.2, 0.25) is 0 Å². The Kier molecular flexibility index (Phi) is 6.30. The van der Waals surface area contributed by atoms with Gasteiger partial charge in [0.2, 0.25) is 0 Å². The van der Waals surface area contributed by atoms with Gasteiger partial charge in [0.1, 0.15) is 5.82 Å². The second-order valence-corrected chi connectivity index (χ2v) is 4.90. The molecule has 102 valence electrons. The van der Waals surface area contributed by atoms with E-state index in [1.807, 2.05) is 12.1 Å². The Hall–Kier alpha value is -0.930. The highest BCUT2D eigenvalue weighted by atomic mass is 19.1. The van der Waals surface area contributed by atoms with Crippen LogP contribution in [0.15, 0.2) is 24.3 Å². The molecule has 0 saturated carbocycles. The third kappa shape index (κ3) is 3.79. The van der Waals surface area contributed by atoms with Gasteiger partial charge in [-0.3, -0.25) is 0 Å². The standard InChI is InChI=1S/C15H24FNO/c1-5-10-17-14(15(18-4)11(2)3)12-8-6-7-9-13(12)16/h6-9,11,14-15,17H,5,10H2,1-4H3. The lowest BCUT2D eigenvalue weighted by Crippen LogP contribution is -2.37. The molecule has 0 radical (unpaired) electrons. The van der Waals surface area contributed by atoms with Gasteiger partial charge in [0.15, 0.2) is 0 Å². The van der Waals surface area contributed by atoms with Gasteiger partial charge in [-0.15, -0.1) is 0 Å². The van der Waals surface area contributed by atoms with Crippen LogP contribution < -0.4 is 5.32 Å². The van der Waals surface area contributed by atoms with Crippen molar-refractivity contribution in [3.63, 3.8) is 0 Å². The van der Waals surface area contributed by atoms with Crippen molar-refractivity contribution in [1.29, 1.82) is 0 Å². The number of rotatable bonds is 7. The van der Waals surface area contributed by atoms with Gasteiger partial charge < -0.3 is 10.1 Å². The van der Waals surface area contributed by atoms with E-state index >= 15 is 0 Å². The maximum atomic E-state index is 13.9. The number of hydrogen-bond donors (Lipinski definition) is 1. The van der Waals surface area contributed by atoms with Crippen LogP contribution in [0.25, 0.3) is 0 Å². The number of hydrogen-bond acceptors (Lipinski definition) is 2. The van der Waals surface area contributed by atoms with E-state index in [4.69, 9.17) is 4.74 Å². The van der Waals surface area contributed by atoms with E-state index in [0.717, 1.165) is 13.0 Å². The van der Waals surface area contributed by atoms with Gasteiger partial charge in [0.05, 0.1) is 12.1 Å². The second kappa shape index (κ2) is 7.49. The van der Waals surface area contributed by atoms with E-state index in [0.29, 0.717) is 11.5 Å². The molecule has 18 heavy (non-hydrogen) atoms. The van der Waals surface area contributed by atoms with Crippen LogP contribution in [0.1, 0.15) is 38.8 Å². The molecule has 0 aliphatic heterocycles. The molecule has 3 heteroatoms. The maximum absolute atomic E-state index is 13.9. The van der Waals surface area contributed by atoms with Gasteiger partial charge in [0.25, 0.3) is 0 Å². The molecule has 1 aromatic rings. The van der Waals surface area contributed by atoms with E-state index in [9.17, 15) is 4.39 Å². The Labute approximate surface area is 110 Å². The Morgan fingerprint density at radius 2 is 1.94 bits per heavy atom. The van der Waals surface area contributed by atoms with Crippen molar-refractivity contribution in [2.24, 2.45) is 5.92 Å². The van der Waals surface area contributed by atoms with Crippen LogP contribution in [-0.2, 0) is 4.74 Å². The molecular formula is C15H24FNO. The summed E-state index contributed by atoms with van der Waals surface area (Å²) in [6.45, 7) is 7.14. The highest BCUT2D eigenvalue weighted by Gasteiger charge is 2.27. The summed E-state index contributed by atoms with van der Waals surface area (Å²) in [5, 5.41) is 3.39. The monoisotopic (exact) mass is 253 g/mol.